The number of nitrogens with zero attached hydrogens (tertiary/aromatic N) is 1. The van der Waals surface area contributed by atoms with Gasteiger partial charge in [-0.25, -0.2) is 4.79 Å². The Labute approximate surface area is 201 Å². The molecule has 0 aliphatic rings. The van der Waals surface area contributed by atoms with E-state index in [0.717, 1.165) is 17.7 Å². The fourth-order valence-corrected chi connectivity index (χ4v) is 3.17. The third-order valence-electron chi connectivity index (χ3n) is 4.78. The molecule has 2 N–H and O–H groups in total. The molecule has 8 nitrogen and oxygen atoms in total. The third-order valence-corrected chi connectivity index (χ3v) is 4.78. The van der Waals surface area contributed by atoms with Crippen LogP contribution in [0.1, 0.15) is 64.1 Å². The predicted molar refractivity (Wildman–Crippen MR) is 129 cm³/mol. The van der Waals surface area contributed by atoms with Gasteiger partial charge < -0.3 is 20.1 Å². The van der Waals surface area contributed by atoms with Crippen LogP contribution in [-0.4, -0.2) is 34.6 Å². The molecule has 0 radical (unpaired) electrons. The number of alkyl carbamates (subject to hydrolysis) is 1. The van der Waals surface area contributed by atoms with Gasteiger partial charge in [0.25, 0.3) is 0 Å². The molecular formula is C26H35N3O5. The molecule has 0 saturated heterocycles. The highest BCUT2D eigenvalue weighted by atomic mass is 16.6. The molecule has 1 atom stereocenters. The minimum atomic E-state index is -0.756. The van der Waals surface area contributed by atoms with Crippen LogP contribution >= 0.6 is 0 Å². The fourth-order valence-electron chi connectivity index (χ4n) is 3.17. The molecule has 1 aromatic carbocycles. The highest BCUT2D eigenvalue weighted by Crippen LogP contribution is 2.12. The average molecular weight is 470 g/mol. The minimum Gasteiger partial charge on any atom is -0.460 e. The quantitative estimate of drug-likeness (QED) is 0.355. The first-order valence-electron chi connectivity index (χ1n) is 11.6. The predicted octanol–water partition coefficient (Wildman–Crippen LogP) is 4.29. The average Bonchev–Trinajstić information content (AvgIpc) is 2.80. The van der Waals surface area contributed by atoms with Gasteiger partial charge in [-0.05, 0) is 51.3 Å². The van der Waals surface area contributed by atoms with Gasteiger partial charge in [-0.1, -0.05) is 49.2 Å². The van der Waals surface area contributed by atoms with Crippen molar-refractivity contribution in [1.82, 2.24) is 15.6 Å². The van der Waals surface area contributed by atoms with Crippen molar-refractivity contribution in [3.8, 4) is 0 Å². The molecule has 0 spiro atoms. The zero-order valence-corrected chi connectivity index (χ0v) is 20.2. The van der Waals surface area contributed by atoms with E-state index in [4.69, 9.17) is 9.47 Å². The Morgan fingerprint density at radius 1 is 0.971 bits per heavy atom. The molecule has 184 valence electrons. The number of carbonyl (C=O) groups is 3. The number of hydrogen-bond donors (Lipinski definition) is 2. The van der Waals surface area contributed by atoms with E-state index in [1.807, 2.05) is 63.2 Å². The lowest BCUT2D eigenvalue weighted by Crippen LogP contribution is -2.46. The Hall–Kier alpha value is -3.42. The van der Waals surface area contributed by atoms with Gasteiger partial charge in [0.2, 0.25) is 5.91 Å². The summed E-state index contributed by atoms with van der Waals surface area (Å²) >= 11 is 0. The monoisotopic (exact) mass is 469 g/mol. The molecule has 1 heterocycles. The summed E-state index contributed by atoms with van der Waals surface area (Å²) in [6, 6.07) is 14.0. The summed E-state index contributed by atoms with van der Waals surface area (Å²) in [5.74, 6) is -0.547. The molecule has 0 unspecified atom stereocenters. The number of unbranched alkanes of at least 4 members (excludes halogenated alkanes) is 2. The number of nitrogens with one attached hydrogen (secondary N) is 2. The zero-order valence-electron chi connectivity index (χ0n) is 20.2. The number of aromatic nitrogens is 1. The van der Waals surface area contributed by atoms with E-state index < -0.39 is 17.7 Å². The second kappa shape index (κ2) is 14.0. The summed E-state index contributed by atoms with van der Waals surface area (Å²) in [5.41, 5.74) is 1.08. The summed E-state index contributed by atoms with van der Waals surface area (Å²) in [4.78, 5) is 41.1. The van der Waals surface area contributed by atoms with Crippen molar-refractivity contribution in [1.29, 1.82) is 0 Å². The topological polar surface area (TPSA) is 107 Å². The molecule has 2 amide bonds. The summed E-state index contributed by atoms with van der Waals surface area (Å²) in [5, 5.41) is 5.49. The first-order chi connectivity index (χ1) is 16.2. The van der Waals surface area contributed by atoms with Crippen LogP contribution in [0.4, 0.5) is 4.79 Å². The molecule has 0 bridgehead atoms. The van der Waals surface area contributed by atoms with E-state index in [-0.39, 0.29) is 25.0 Å². The number of pyridine rings is 1. The standard InChI is InChI=1S/C26H35N3O5/c1-26(2,3)34-23(30)16-9-5-8-15-22(24(31)28-18-21-14-10-11-17-27-21)29-25(32)33-19-20-12-6-4-7-13-20/h4,6-7,10-14,17,22H,5,8-9,15-16,18-19H2,1-3H3,(H,28,31)(H,29,32)/t22-/m0/s1. The normalized spacial score (nSPS) is 11.9. The molecule has 34 heavy (non-hydrogen) atoms. The van der Waals surface area contributed by atoms with Gasteiger partial charge in [-0.3, -0.25) is 14.6 Å². The Morgan fingerprint density at radius 3 is 2.38 bits per heavy atom. The SMILES string of the molecule is CC(C)(C)OC(=O)CCCCC[C@H](NC(=O)OCc1ccccc1)C(=O)NCc1ccccn1. The van der Waals surface area contributed by atoms with Crippen LogP contribution in [0.3, 0.4) is 0 Å². The lowest BCUT2D eigenvalue weighted by molar-refractivity contribution is -0.154. The molecule has 2 aromatic rings. The first-order valence-corrected chi connectivity index (χ1v) is 11.6. The third kappa shape index (κ3) is 11.4. The van der Waals surface area contributed by atoms with E-state index in [1.165, 1.54) is 0 Å². The highest BCUT2D eigenvalue weighted by Gasteiger charge is 2.21. The van der Waals surface area contributed by atoms with Gasteiger partial charge in [0.05, 0.1) is 12.2 Å². The highest BCUT2D eigenvalue weighted by molar-refractivity contribution is 5.85. The largest absolute Gasteiger partial charge is 0.460 e. The van der Waals surface area contributed by atoms with Gasteiger partial charge in [0.1, 0.15) is 18.2 Å². The van der Waals surface area contributed by atoms with Crippen molar-refractivity contribution in [3.05, 3.63) is 66.0 Å². The van der Waals surface area contributed by atoms with E-state index >= 15 is 0 Å². The van der Waals surface area contributed by atoms with Crippen molar-refractivity contribution >= 4 is 18.0 Å². The fraction of sp³-hybridized carbons (Fsp3) is 0.462. The number of esters is 1. The molecule has 0 saturated carbocycles. The van der Waals surface area contributed by atoms with Crippen LogP contribution in [0.25, 0.3) is 0 Å². The Kier molecular flexibility index (Phi) is 11.0. The van der Waals surface area contributed by atoms with Crippen LogP contribution in [0.5, 0.6) is 0 Å². The Bertz CT molecular complexity index is 898. The van der Waals surface area contributed by atoms with E-state index in [9.17, 15) is 14.4 Å². The number of benzene rings is 1. The molecule has 0 fully saturated rings. The van der Waals surface area contributed by atoms with Crippen molar-refractivity contribution in [2.75, 3.05) is 0 Å². The second-order valence-corrected chi connectivity index (χ2v) is 8.98. The van der Waals surface area contributed by atoms with Crippen LogP contribution in [0, 0.1) is 0 Å². The number of ether oxygens (including phenoxy) is 2. The van der Waals surface area contributed by atoms with Crippen molar-refractivity contribution in [3.63, 3.8) is 0 Å². The molecule has 0 aliphatic heterocycles. The van der Waals surface area contributed by atoms with Crippen LogP contribution in [0.2, 0.25) is 0 Å². The molecule has 1 aromatic heterocycles. The van der Waals surface area contributed by atoms with Crippen molar-refractivity contribution in [2.45, 2.75) is 77.7 Å². The maximum Gasteiger partial charge on any atom is 0.408 e. The summed E-state index contributed by atoms with van der Waals surface area (Å²) in [6.45, 7) is 5.88. The molecule has 0 aliphatic carbocycles. The number of amides is 2. The van der Waals surface area contributed by atoms with Gasteiger partial charge >= 0.3 is 12.1 Å². The lowest BCUT2D eigenvalue weighted by Gasteiger charge is -2.20. The second-order valence-electron chi connectivity index (χ2n) is 8.98. The van der Waals surface area contributed by atoms with Gasteiger partial charge in [-0.2, -0.15) is 0 Å². The van der Waals surface area contributed by atoms with Crippen molar-refractivity contribution < 1.29 is 23.9 Å². The van der Waals surface area contributed by atoms with Crippen LogP contribution in [-0.2, 0) is 32.2 Å². The number of hydrogen-bond acceptors (Lipinski definition) is 6. The smallest absolute Gasteiger partial charge is 0.408 e. The summed E-state index contributed by atoms with van der Waals surface area (Å²) in [6.07, 6.45) is 3.77. The molecule has 2 rings (SSSR count). The summed E-state index contributed by atoms with van der Waals surface area (Å²) < 4.78 is 10.6. The van der Waals surface area contributed by atoms with Gasteiger partial charge in [-0.15, -0.1) is 0 Å². The molecule has 8 heteroatoms. The van der Waals surface area contributed by atoms with Gasteiger partial charge in [0.15, 0.2) is 0 Å². The van der Waals surface area contributed by atoms with E-state index in [1.54, 1.807) is 12.3 Å². The van der Waals surface area contributed by atoms with Crippen LogP contribution < -0.4 is 10.6 Å². The maximum absolute atomic E-state index is 12.8. The van der Waals surface area contributed by atoms with Crippen molar-refractivity contribution in [2.24, 2.45) is 0 Å². The van der Waals surface area contributed by atoms with Crippen LogP contribution in [0.15, 0.2) is 54.7 Å². The van der Waals surface area contributed by atoms with E-state index in [0.29, 0.717) is 25.7 Å². The zero-order chi connectivity index (χ0) is 24.8. The first kappa shape index (κ1) is 26.8. The lowest BCUT2D eigenvalue weighted by atomic mass is 10.1. The minimum absolute atomic E-state index is 0.116. The Balaban J connectivity index is 1.83. The Morgan fingerprint density at radius 2 is 1.71 bits per heavy atom. The summed E-state index contributed by atoms with van der Waals surface area (Å²) in [7, 11) is 0. The number of rotatable bonds is 12. The maximum atomic E-state index is 12.8. The number of carbonyl (C=O) groups excluding carboxylic acids is 3. The van der Waals surface area contributed by atoms with E-state index in [2.05, 4.69) is 15.6 Å². The molecular weight excluding hydrogens is 434 g/mol. The van der Waals surface area contributed by atoms with Gasteiger partial charge in [0, 0.05) is 12.6 Å².